The number of carboxylic acid groups (broad SMARTS) is 1. The van der Waals surface area contributed by atoms with Gasteiger partial charge in [-0.2, -0.15) is 0 Å². The number of aliphatic carboxylic acids is 1. The highest BCUT2D eigenvalue weighted by Crippen LogP contribution is 2.34. The van der Waals surface area contributed by atoms with Gasteiger partial charge in [-0.05, 0) is 29.5 Å². The minimum absolute atomic E-state index is 0.0325. The lowest BCUT2D eigenvalue weighted by Crippen LogP contribution is -2.35. The number of fused-ring (bicyclic) bond motifs is 1. The molecule has 0 saturated carbocycles. The van der Waals surface area contributed by atoms with E-state index in [4.69, 9.17) is 5.11 Å². The summed E-state index contributed by atoms with van der Waals surface area (Å²) in [6, 6.07) is 17.8. The average Bonchev–Trinajstić information content (AvgIpc) is 3.03. The van der Waals surface area contributed by atoms with Crippen LogP contribution in [0.1, 0.15) is 35.4 Å². The molecular weight excluding hydrogens is 302 g/mol. The van der Waals surface area contributed by atoms with Gasteiger partial charge >= 0.3 is 5.97 Å². The molecule has 4 nitrogen and oxygen atoms in total. The van der Waals surface area contributed by atoms with Crippen LogP contribution in [0.4, 0.5) is 0 Å². The lowest BCUT2D eigenvalue weighted by Gasteiger charge is -2.26. The minimum Gasteiger partial charge on any atom is -0.481 e. The highest BCUT2D eigenvalue weighted by molar-refractivity contribution is 5.85. The molecule has 0 radical (unpaired) electrons. The predicted octanol–water partition coefficient (Wildman–Crippen LogP) is 3.22. The molecule has 24 heavy (non-hydrogen) atoms. The third-order valence-electron chi connectivity index (χ3n) is 4.55. The maximum absolute atomic E-state index is 13.1. The number of carbonyl (C=O) groups is 2. The molecule has 0 saturated heterocycles. The second kappa shape index (κ2) is 7.30. The van der Waals surface area contributed by atoms with Crippen molar-refractivity contribution in [2.75, 3.05) is 6.54 Å². The monoisotopic (exact) mass is 323 g/mol. The Balaban J connectivity index is 1.79. The number of aryl methyl sites for hydroxylation is 1. The molecule has 0 aliphatic heterocycles. The Morgan fingerprint density at radius 1 is 1.04 bits per heavy atom. The van der Waals surface area contributed by atoms with Crippen molar-refractivity contribution >= 4 is 11.9 Å². The van der Waals surface area contributed by atoms with Crippen molar-refractivity contribution in [2.45, 2.75) is 31.7 Å². The normalized spacial score (nSPS) is 15.8. The van der Waals surface area contributed by atoms with Gasteiger partial charge in [0, 0.05) is 13.1 Å². The van der Waals surface area contributed by atoms with Gasteiger partial charge < -0.3 is 10.0 Å². The van der Waals surface area contributed by atoms with Crippen LogP contribution in [0.25, 0.3) is 0 Å². The Morgan fingerprint density at radius 2 is 1.75 bits per heavy atom. The number of nitrogens with zero attached hydrogens (tertiary/aromatic N) is 1. The first-order valence-corrected chi connectivity index (χ1v) is 8.27. The second-order valence-corrected chi connectivity index (χ2v) is 6.18. The molecule has 1 amide bonds. The summed E-state index contributed by atoms with van der Waals surface area (Å²) in [5.41, 5.74) is 3.34. The fraction of sp³-hybridized carbons (Fsp3) is 0.300. The lowest BCUT2D eigenvalue weighted by atomic mass is 9.99. The highest BCUT2D eigenvalue weighted by atomic mass is 16.4. The third-order valence-corrected chi connectivity index (χ3v) is 4.55. The van der Waals surface area contributed by atoms with Crippen molar-refractivity contribution in [3.05, 3.63) is 71.3 Å². The van der Waals surface area contributed by atoms with Crippen LogP contribution in [0.5, 0.6) is 0 Å². The van der Waals surface area contributed by atoms with Gasteiger partial charge in [-0.25, -0.2) is 0 Å². The molecule has 1 unspecified atom stereocenters. The Bertz CT molecular complexity index is 727. The standard InChI is InChI=1S/C20H21NO3/c22-19(23)12-13-21(14-15-6-2-1-3-7-15)20(24)18-11-10-16-8-4-5-9-17(16)18/h1-9,18H,10-14H2,(H,22,23). The van der Waals surface area contributed by atoms with Gasteiger partial charge in [-0.1, -0.05) is 54.6 Å². The molecule has 2 aromatic carbocycles. The maximum atomic E-state index is 13.1. The van der Waals surface area contributed by atoms with E-state index in [-0.39, 0.29) is 24.8 Å². The van der Waals surface area contributed by atoms with Crippen molar-refractivity contribution in [1.82, 2.24) is 4.90 Å². The van der Waals surface area contributed by atoms with E-state index in [2.05, 4.69) is 6.07 Å². The number of rotatable bonds is 6. The Kier molecular flexibility index (Phi) is 4.94. The Labute approximate surface area is 141 Å². The number of hydrogen-bond acceptors (Lipinski definition) is 2. The molecule has 124 valence electrons. The number of benzene rings is 2. The molecule has 0 spiro atoms. The smallest absolute Gasteiger partial charge is 0.305 e. The van der Waals surface area contributed by atoms with Gasteiger partial charge in [0.05, 0.1) is 12.3 Å². The number of hydrogen-bond donors (Lipinski definition) is 1. The topological polar surface area (TPSA) is 57.6 Å². The fourth-order valence-corrected chi connectivity index (χ4v) is 3.34. The van der Waals surface area contributed by atoms with E-state index in [1.54, 1.807) is 4.90 Å². The van der Waals surface area contributed by atoms with Crippen molar-refractivity contribution in [3.8, 4) is 0 Å². The van der Waals surface area contributed by atoms with E-state index in [0.29, 0.717) is 6.54 Å². The van der Waals surface area contributed by atoms with E-state index in [1.807, 2.05) is 48.5 Å². The van der Waals surface area contributed by atoms with Crippen molar-refractivity contribution in [2.24, 2.45) is 0 Å². The summed E-state index contributed by atoms with van der Waals surface area (Å²) < 4.78 is 0. The molecule has 0 aromatic heterocycles. The number of amides is 1. The first kappa shape index (κ1) is 16.2. The summed E-state index contributed by atoms with van der Waals surface area (Å²) in [6.07, 6.45) is 1.67. The Hall–Kier alpha value is -2.62. The van der Waals surface area contributed by atoms with Crippen molar-refractivity contribution in [3.63, 3.8) is 0 Å². The quantitative estimate of drug-likeness (QED) is 0.888. The molecular formula is C20H21NO3. The van der Waals surface area contributed by atoms with Crippen LogP contribution in [-0.4, -0.2) is 28.4 Å². The zero-order valence-electron chi connectivity index (χ0n) is 13.5. The molecule has 1 aliphatic carbocycles. The minimum atomic E-state index is -0.882. The molecule has 3 rings (SSSR count). The number of carbonyl (C=O) groups excluding carboxylic acids is 1. The summed E-state index contributed by atoms with van der Waals surface area (Å²) in [5.74, 6) is -1.00. The van der Waals surface area contributed by atoms with Crippen molar-refractivity contribution in [1.29, 1.82) is 0 Å². The molecule has 4 heteroatoms. The van der Waals surface area contributed by atoms with Crippen LogP contribution in [-0.2, 0) is 22.6 Å². The van der Waals surface area contributed by atoms with Crippen LogP contribution < -0.4 is 0 Å². The third kappa shape index (κ3) is 3.65. The number of carboxylic acids is 1. The molecule has 1 atom stereocenters. The second-order valence-electron chi connectivity index (χ2n) is 6.18. The molecule has 1 aliphatic rings. The molecule has 0 heterocycles. The summed E-state index contributed by atoms with van der Waals surface area (Å²) in [4.78, 5) is 25.7. The van der Waals surface area contributed by atoms with Gasteiger partial charge in [0.25, 0.3) is 0 Å². The van der Waals surface area contributed by atoms with Crippen LogP contribution in [0.3, 0.4) is 0 Å². The highest BCUT2D eigenvalue weighted by Gasteiger charge is 2.31. The molecule has 1 N–H and O–H groups in total. The van der Waals surface area contributed by atoms with Crippen LogP contribution >= 0.6 is 0 Å². The predicted molar refractivity (Wildman–Crippen MR) is 91.6 cm³/mol. The van der Waals surface area contributed by atoms with Gasteiger partial charge in [0.1, 0.15) is 0 Å². The zero-order valence-corrected chi connectivity index (χ0v) is 13.5. The van der Waals surface area contributed by atoms with E-state index in [0.717, 1.165) is 24.0 Å². The first-order valence-electron chi connectivity index (χ1n) is 8.27. The molecule has 2 aromatic rings. The fourth-order valence-electron chi connectivity index (χ4n) is 3.34. The summed E-state index contributed by atoms with van der Waals surface area (Å²) >= 11 is 0. The lowest BCUT2D eigenvalue weighted by molar-refractivity contribution is -0.139. The van der Waals surface area contributed by atoms with Crippen LogP contribution in [0, 0.1) is 0 Å². The largest absolute Gasteiger partial charge is 0.481 e. The Morgan fingerprint density at radius 3 is 2.50 bits per heavy atom. The van der Waals surface area contributed by atoms with Crippen molar-refractivity contribution < 1.29 is 14.7 Å². The van der Waals surface area contributed by atoms with Gasteiger partial charge in [-0.3, -0.25) is 9.59 Å². The summed E-state index contributed by atoms with van der Waals surface area (Å²) in [7, 11) is 0. The summed E-state index contributed by atoms with van der Waals surface area (Å²) in [5, 5.41) is 9.00. The summed E-state index contributed by atoms with van der Waals surface area (Å²) in [6.45, 7) is 0.688. The molecule has 0 fully saturated rings. The van der Waals surface area contributed by atoms with Gasteiger partial charge in [-0.15, -0.1) is 0 Å². The molecule has 0 bridgehead atoms. The maximum Gasteiger partial charge on any atom is 0.305 e. The van der Waals surface area contributed by atoms with E-state index < -0.39 is 5.97 Å². The van der Waals surface area contributed by atoms with Gasteiger partial charge in [0.2, 0.25) is 5.91 Å². The van der Waals surface area contributed by atoms with E-state index in [9.17, 15) is 9.59 Å². The average molecular weight is 323 g/mol. The SMILES string of the molecule is O=C(O)CCN(Cc1ccccc1)C(=O)C1CCc2ccccc21. The van der Waals surface area contributed by atoms with E-state index in [1.165, 1.54) is 5.56 Å². The zero-order chi connectivity index (χ0) is 16.9. The van der Waals surface area contributed by atoms with Crippen LogP contribution in [0.2, 0.25) is 0 Å². The van der Waals surface area contributed by atoms with Crippen LogP contribution in [0.15, 0.2) is 54.6 Å². The first-order chi connectivity index (χ1) is 11.6. The van der Waals surface area contributed by atoms with E-state index >= 15 is 0 Å². The van der Waals surface area contributed by atoms with Gasteiger partial charge in [0.15, 0.2) is 0 Å².